The Balaban J connectivity index is 2.53. The molecule has 0 heterocycles. The molecule has 0 bridgehead atoms. The van der Waals surface area contributed by atoms with E-state index in [9.17, 15) is 5.11 Å². The summed E-state index contributed by atoms with van der Waals surface area (Å²) in [5, 5.41) is 11.5. The van der Waals surface area contributed by atoms with Crippen molar-refractivity contribution in [3.63, 3.8) is 0 Å². The van der Waals surface area contributed by atoms with Gasteiger partial charge in [-0.15, -0.1) is 0 Å². The summed E-state index contributed by atoms with van der Waals surface area (Å²) in [7, 11) is 3.23. The van der Waals surface area contributed by atoms with Gasteiger partial charge in [-0.2, -0.15) is 0 Å². The predicted molar refractivity (Wildman–Crippen MR) is 91.8 cm³/mol. The fourth-order valence-electron chi connectivity index (χ4n) is 2.72. The number of benzene rings is 2. The van der Waals surface area contributed by atoms with Crippen LogP contribution in [0.3, 0.4) is 0 Å². The molecular weight excluding hydrogens is 290 g/mol. The van der Waals surface area contributed by atoms with Crippen molar-refractivity contribution in [2.75, 3.05) is 14.2 Å². The van der Waals surface area contributed by atoms with E-state index in [1.54, 1.807) is 14.2 Å². The minimum absolute atomic E-state index is 0.101. The van der Waals surface area contributed by atoms with Crippen molar-refractivity contribution in [2.24, 2.45) is 11.7 Å². The summed E-state index contributed by atoms with van der Waals surface area (Å²) < 4.78 is 10.4. The highest BCUT2D eigenvalue weighted by molar-refractivity contribution is 5.42. The van der Waals surface area contributed by atoms with Gasteiger partial charge in [0.1, 0.15) is 17.1 Å². The molecule has 0 aromatic heterocycles. The Labute approximate surface area is 137 Å². The second-order valence-corrected chi connectivity index (χ2v) is 5.99. The van der Waals surface area contributed by atoms with Gasteiger partial charge in [0.25, 0.3) is 0 Å². The largest absolute Gasteiger partial charge is 0.497 e. The zero-order valence-corrected chi connectivity index (χ0v) is 14.1. The summed E-state index contributed by atoms with van der Waals surface area (Å²) in [4.78, 5) is 0. The highest BCUT2D eigenvalue weighted by atomic mass is 16.5. The predicted octanol–water partition coefficient (Wildman–Crippen LogP) is 2.92. The molecule has 0 spiro atoms. The molecule has 1 atom stereocenters. The average molecular weight is 315 g/mol. The summed E-state index contributed by atoms with van der Waals surface area (Å²) in [5.41, 5.74) is 6.58. The molecule has 0 aliphatic rings. The number of methoxy groups -OCH3 is 2. The van der Waals surface area contributed by atoms with Crippen LogP contribution in [0.5, 0.6) is 11.5 Å². The monoisotopic (exact) mass is 315 g/mol. The summed E-state index contributed by atoms with van der Waals surface area (Å²) in [6.45, 7) is 4.01. The molecule has 2 aromatic rings. The molecule has 4 heteroatoms. The van der Waals surface area contributed by atoms with Crippen LogP contribution in [-0.4, -0.2) is 25.4 Å². The molecule has 2 rings (SSSR count). The molecule has 0 aliphatic carbocycles. The van der Waals surface area contributed by atoms with Gasteiger partial charge in [-0.1, -0.05) is 38.1 Å². The summed E-state index contributed by atoms with van der Waals surface area (Å²) in [5.74, 6) is 1.58. The maximum atomic E-state index is 11.5. The molecule has 0 radical (unpaired) electrons. The molecule has 2 aromatic carbocycles. The fourth-order valence-corrected chi connectivity index (χ4v) is 2.72. The molecule has 4 nitrogen and oxygen atoms in total. The Morgan fingerprint density at radius 1 is 0.826 bits per heavy atom. The molecule has 0 aliphatic heterocycles. The van der Waals surface area contributed by atoms with E-state index in [0.29, 0.717) is 0 Å². The number of hydrogen-bond donors (Lipinski definition) is 2. The number of aliphatic hydroxyl groups is 1. The van der Waals surface area contributed by atoms with Gasteiger partial charge in [0.2, 0.25) is 0 Å². The van der Waals surface area contributed by atoms with Crippen LogP contribution in [0.4, 0.5) is 0 Å². The van der Waals surface area contributed by atoms with Crippen molar-refractivity contribution in [3.8, 4) is 11.5 Å². The van der Waals surface area contributed by atoms with Crippen LogP contribution < -0.4 is 15.2 Å². The van der Waals surface area contributed by atoms with E-state index in [-0.39, 0.29) is 5.92 Å². The van der Waals surface area contributed by atoms with Crippen LogP contribution in [0.2, 0.25) is 0 Å². The lowest BCUT2D eigenvalue weighted by molar-refractivity contribution is 0.0352. The second kappa shape index (κ2) is 7.02. The van der Waals surface area contributed by atoms with Crippen molar-refractivity contribution in [3.05, 3.63) is 59.7 Å². The number of ether oxygens (including phenoxy) is 2. The maximum Gasteiger partial charge on any atom is 0.130 e. The Morgan fingerprint density at radius 3 is 1.43 bits per heavy atom. The van der Waals surface area contributed by atoms with E-state index >= 15 is 0 Å². The number of nitrogens with two attached hydrogens (primary N) is 1. The Hall–Kier alpha value is -2.04. The van der Waals surface area contributed by atoms with E-state index < -0.39 is 11.6 Å². The molecule has 0 fully saturated rings. The molecule has 124 valence electrons. The summed E-state index contributed by atoms with van der Waals surface area (Å²) in [6, 6.07) is 14.3. The van der Waals surface area contributed by atoms with Gasteiger partial charge >= 0.3 is 0 Å². The lowest BCUT2D eigenvalue weighted by Gasteiger charge is -2.37. The van der Waals surface area contributed by atoms with E-state index in [1.807, 2.05) is 62.4 Å². The van der Waals surface area contributed by atoms with Crippen LogP contribution in [-0.2, 0) is 5.60 Å². The van der Waals surface area contributed by atoms with E-state index in [2.05, 4.69) is 0 Å². The SMILES string of the molecule is COc1ccc(C(O)(c2ccc(OC)cc2)[C@H](N)C(C)C)cc1. The second-order valence-electron chi connectivity index (χ2n) is 5.99. The normalized spacial score (nSPS) is 13.0. The van der Waals surface area contributed by atoms with Gasteiger partial charge < -0.3 is 20.3 Å². The smallest absolute Gasteiger partial charge is 0.130 e. The van der Waals surface area contributed by atoms with Gasteiger partial charge in [0, 0.05) is 6.04 Å². The molecular formula is C19H25NO3. The van der Waals surface area contributed by atoms with Crippen LogP contribution in [0.15, 0.2) is 48.5 Å². The maximum absolute atomic E-state index is 11.5. The minimum Gasteiger partial charge on any atom is -0.497 e. The highest BCUT2D eigenvalue weighted by Crippen LogP contribution is 2.36. The van der Waals surface area contributed by atoms with Crippen molar-refractivity contribution in [2.45, 2.75) is 25.5 Å². The van der Waals surface area contributed by atoms with Crippen molar-refractivity contribution in [1.29, 1.82) is 0 Å². The lowest BCUT2D eigenvalue weighted by atomic mass is 9.76. The first-order chi connectivity index (χ1) is 10.9. The lowest BCUT2D eigenvalue weighted by Crippen LogP contribution is -2.49. The quantitative estimate of drug-likeness (QED) is 0.860. The average Bonchev–Trinajstić information content (AvgIpc) is 2.60. The zero-order chi connectivity index (χ0) is 17.0. The molecule has 0 saturated carbocycles. The van der Waals surface area contributed by atoms with Crippen LogP contribution in [0.1, 0.15) is 25.0 Å². The van der Waals surface area contributed by atoms with E-state index in [1.165, 1.54) is 0 Å². The van der Waals surface area contributed by atoms with E-state index in [0.717, 1.165) is 22.6 Å². The first-order valence-corrected chi connectivity index (χ1v) is 7.70. The molecule has 0 unspecified atom stereocenters. The standard InChI is InChI=1S/C19H25NO3/c1-13(2)18(20)19(21,14-5-9-16(22-3)10-6-14)15-7-11-17(23-4)12-8-15/h5-13,18,21H,20H2,1-4H3/t18-/m1/s1. The van der Waals surface area contributed by atoms with Gasteiger partial charge in [0.15, 0.2) is 0 Å². The van der Waals surface area contributed by atoms with E-state index in [4.69, 9.17) is 15.2 Å². The van der Waals surface area contributed by atoms with Crippen LogP contribution in [0.25, 0.3) is 0 Å². The van der Waals surface area contributed by atoms with Crippen LogP contribution >= 0.6 is 0 Å². The van der Waals surface area contributed by atoms with Gasteiger partial charge in [-0.25, -0.2) is 0 Å². The van der Waals surface area contributed by atoms with Crippen molar-refractivity contribution < 1.29 is 14.6 Å². The molecule has 0 saturated heterocycles. The third-order valence-electron chi connectivity index (χ3n) is 4.26. The molecule has 0 amide bonds. The third-order valence-corrected chi connectivity index (χ3v) is 4.26. The fraction of sp³-hybridized carbons (Fsp3) is 0.368. The molecule has 3 N–H and O–H groups in total. The highest BCUT2D eigenvalue weighted by Gasteiger charge is 2.39. The third kappa shape index (κ3) is 3.33. The zero-order valence-electron chi connectivity index (χ0n) is 14.1. The van der Waals surface area contributed by atoms with Crippen LogP contribution in [0, 0.1) is 5.92 Å². The first-order valence-electron chi connectivity index (χ1n) is 7.70. The first kappa shape index (κ1) is 17.3. The number of hydrogen-bond acceptors (Lipinski definition) is 4. The Kier molecular flexibility index (Phi) is 5.29. The minimum atomic E-state index is -1.29. The summed E-state index contributed by atoms with van der Waals surface area (Å²) in [6.07, 6.45) is 0. The Bertz CT molecular complexity index is 573. The Morgan fingerprint density at radius 2 is 1.17 bits per heavy atom. The van der Waals surface area contributed by atoms with Gasteiger partial charge in [-0.05, 0) is 41.3 Å². The van der Waals surface area contributed by atoms with Gasteiger partial charge in [-0.3, -0.25) is 0 Å². The summed E-state index contributed by atoms with van der Waals surface area (Å²) >= 11 is 0. The molecule has 23 heavy (non-hydrogen) atoms. The number of rotatable bonds is 6. The van der Waals surface area contributed by atoms with Crippen molar-refractivity contribution >= 4 is 0 Å². The topological polar surface area (TPSA) is 64.7 Å². The van der Waals surface area contributed by atoms with Crippen molar-refractivity contribution in [1.82, 2.24) is 0 Å². The van der Waals surface area contributed by atoms with Gasteiger partial charge in [0.05, 0.1) is 14.2 Å².